The molecule has 9 aromatic rings. The number of thioether (sulfide) groups is 1. The second-order valence-electron chi connectivity index (χ2n) is 13.7. The Labute approximate surface area is 304 Å². The lowest BCUT2D eigenvalue weighted by atomic mass is 9.69. The highest BCUT2D eigenvalue weighted by atomic mass is 32.2. The van der Waals surface area contributed by atoms with Crippen LogP contribution in [0, 0.1) is 0 Å². The lowest BCUT2D eigenvalue weighted by Crippen LogP contribution is -2.31. The van der Waals surface area contributed by atoms with E-state index in [1.165, 1.54) is 37.2 Å². The first kappa shape index (κ1) is 29.5. The predicted molar refractivity (Wildman–Crippen MR) is 212 cm³/mol. The van der Waals surface area contributed by atoms with Crippen LogP contribution < -0.4 is 0 Å². The molecule has 2 unspecified atom stereocenters. The number of rotatable bonds is 4. The summed E-state index contributed by atoms with van der Waals surface area (Å²) in [5, 5.41) is 4.47. The molecule has 5 nitrogen and oxygen atoms in total. The average Bonchev–Trinajstić information content (AvgIpc) is 3.85. The predicted octanol–water partition coefficient (Wildman–Crippen LogP) is 11.8. The Hall–Kier alpha value is -6.24. The summed E-state index contributed by atoms with van der Waals surface area (Å²) in [5.41, 5.74) is 7.90. The van der Waals surface area contributed by atoms with Crippen molar-refractivity contribution in [1.29, 1.82) is 0 Å². The van der Waals surface area contributed by atoms with Gasteiger partial charge in [0.1, 0.15) is 17.0 Å². The molecule has 6 aromatic carbocycles. The normalized spacial score (nSPS) is 17.9. The van der Waals surface area contributed by atoms with E-state index in [0.717, 1.165) is 44.6 Å². The minimum atomic E-state index is -0.297. The van der Waals surface area contributed by atoms with Crippen molar-refractivity contribution in [1.82, 2.24) is 19.5 Å². The third-order valence-electron chi connectivity index (χ3n) is 10.9. The molecule has 52 heavy (non-hydrogen) atoms. The van der Waals surface area contributed by atoms with Crippen molar-refractivity contribution in [3.05, 3.63) is 174 Å². The first-order chi connectivity index (χ1) is 25.6. The van der Waals surface area contributed by atoms with Crippen molar-refractivity contribution in [3.63, 3.8) is 0 Å². The van der Waals surface area contributed by atoms with Crippen LogP contribution in [0.15, 0.2) is 172 Å². The summed E-state index contributed by atoms with van der Waals surface area (Å²) in [7, 11) is 0. The monoisotopic (exact) mass is 686 g/mol. The number of para-hydroxylation sites is 2. The summed E-state index contributed by atoms with van der Waals surface area (Å²) in [5.74, 6) is 1.95. The largest absolute Gasteiger partial charge is 0.456 e. The lowest BCUT2D eigenvalue weighted by molar-refractivity contribution is 0.495. The molecule has 3 aromatic heterocycles. The van der Waals surface area contributed by atoms with Gasteiger partial charge in [-0.3, -0.25) is 0 Å². The highest BCUT2D eigenvalue weighted by molar-refractivity contribution is 8.03. The molecule has 0 radical (unpaired) electrons. The molecular weight excluding hydrogens is 657 g/mol. The lowest BCUT2D eigenvalue weighted by Gasteiger charge is -2.35. The molecule has 0 amide bonds. The molecule has 0 N–H and O–H groups in total. The quantitative estimate of drug-likeness (QED) is 0.184. The van der Waals surface area contributed by atoms with Crippen LogP contribution in [0.3, 0.4) is 0 Å². The number of hydrogen-bond acceptors (Lipinski definition) is 5. The molecule has 11 rings (SSSR count). The van der Waals surface area contributed by atoms with Crippen molar-refractivity contribution in [2.24, 2.45) is 0 Å². The number of furan rings is 1. The standard InChI is InChI=1S/C46H30N4OS/c1-46-34-18-7-10-23-40(34)52-41(46)24-12-19-35(46)45-48-43(28-13-3-2-4-14-28)47-44(49-45)32-17-11-22-39-42(32)33-27-29(25-26-38(33)51-39)50-36-20-8-5-15-30(36)31-16-6-9-21-37(31)50/h2-27,35H,1H3. The number of allylic oxidation sites excluding steroid dienone is 4. The van der Waals surface area contributed by atoms with Crippen LogP contribution in [0.4, 0.5) is 0 Å². The minimum absolute atomic E-state index is 0.0879. The Morgan fingerprint density at radius 3 is 2.21 bits per heavy atom. The molecule has 0 bridgehead atoms. The molecule has 4 heterocycles. The fraction of sp³-hybridized carbons (Fsp3) is 0.0652. The van der Waals surface area contributed by atoms with Crippen molar-refractivity contribution < 1.29 is 4.42 Å². The molecule has 0 saturated carbocycles. The van der Waals surface area contributed by atoms with Crippen LogP contribution in [0.25, 0.3) is 72.2 Å². The van der Waals surface area contributed by atoms with Gasteiger partial charge < -0.3 is 8.98 Å². The van der Waals surface area contributed by atoms with E-state index in [9.17, 15) is 0 Å². The number of aromatic nitrogens is 4. The number of hydrogen-bond donors (Lipinski definition) is 0. The van der Waals surface area contributed by atoms with Gasteiger partial charge in [-0.25, -0.2) is 15.0 Å². The van der Waals surface area contributed by atoms with E-state index < -0.39 is 0 Å². The van der Waals surface area contributed by atoms with Gasteiger partial charge in [0.2, 0.25) is 0 Å². The Kier molecular flexibility index (Phi) is 6.31. The number of nitrogens with zero attached hydrogens (tertiary/aromatic N) is 4. The molecular formula is C46H30N4OS. The van der Waals surface area contributed by atoms with Gasteiger partial charge in [0.05, 0.1) is 17.0 Å². The maximum atomic E-state index is 6.53. The second kappa shape index (κ2) is 11.1. The van der Waals surface area contributed by atoms with Gasteiger partial charge in [-0.05, 0) is 55.0 Å². The molecule has 0 fully saturated rings. The smallest absolute Gasteiger partial charge is 0.164 e. The maximum absolute atomic E-state index is 6.53. The van der Waals surface area contributed by atoms with Crippen LogP contribution in [-0.2, 0) is 5.41 Å². The van der Waals surface area contributed by atoms with Crippen molar-refractivity contribution >= 4 is 55.5 Å². The Bertz CT molecular complexity index is 2920. The molecule has 6 heteroatoms. The fourth-order valence-corrected chi connectivity index (χ4v) is 9.74. The zero-order valence-corrected chi connectivity index (χ0v) is 29.0. The number of benzene rings is 6. The summed E-state index contributed by atoms with van der Waals surface area (Å²) >= 11 is 1.85. The summed E-state index contributed by atoms with van der Waals surface area (Å²) in [4.78, 5) is 18.4. The van der Waals surface area contributed by atoms with Crippen molar-refractivity contribution in [2.45, 2.75) is 23.2 Å². The van der Waals surface area contributed by atoms with E-state index in [1.807, 2.05) is 42.1 Å². The van der Waals surface area contributed by atoms with Crippen molar-refractivity contribution in [2.75, 3.05) is 0 Å². The van der Waals surface area contributed by atoms with Crippen LogP contribution in [0.1, 0.15) is 24.2 Å². The molecule has 1 aliphatic heterocycles. The van der Waals surface area contributed by atoms with Gasteiger partial charge in [0.15, 0.2) is 11.6 Å². The Morgan fingerprint density at radius 2 is 1.38 bits per heavy atom. The minimum Gasteiger partial charge on any atom is -0.456 e. The first-order valence-electron chi connectivity index (χ1n) is 17.6. The Morgan fingerprint density at radius 1 is 0.654 bits per heavy atom. The van der Waals surface area contributed by atoms with Gasteiger partial charge in [0.25, 0.3) is 0 Å². The topological polar surface area (TPSA) is 56.7 Å². The van der Waals surface area contributed by atoms with Crippen LogP contribution in [0.5, 0.6) is 0 Å². The molecule has 246 valence electrons. The van der Waals surface area contributed by atoms with E-state index in [-0.39, 0.29) is 11.3 Å². The summed E-state index contributed by atoms with van der Waals surface area (Å²) in [6.07, 6.45) is 6.66. The zero-order chi connectivity index (χ0) is 34.4. The summed E-state index contributed by atoms with van der Waals surface area (Å²) < 4.78 is 8.88. The third kappa shape index (κ3) is 4.22. The summed E-state index contributed by atoms with van der Waals surface area (Å²) in [6, 6.07) is 48.8. The Balaban J connectivity index is 1.14. The van der Waals surface area contributed by atoms with Gasteiger partial charge in [-0.15, -0.1) is 0 Å². The fourth-order valence-electron chi connectivity index (χ4n) is 8.37. The van der Waals surface area contributed by atoms with Crippen LogP contribution in [-0.4, -0.2) is 19.5 Å². The maximum Gasteiger partial charge on any atom is 0.164 e. The number of fused-ring (bicyclic) bond motifs is 9. The molecule has 0 saturated heterocycles. The zero-order valence-electron chi connectivity index (χ0n) is 28.2. The molecule has 2 atom stereocenters. The first-order valence-corrected chi connectivity index (χ1v) is 18.4. The molecule has 2 aliphatic rings. The van der Waals surface area contributed by atoms with Crippen LogP contribution >= 0.6 is 11.8 Å². The SMILES string of the molecule is CC12C(=CC=CC1c1nc(-c3ccccc3)nc(-c3cccc4oc5ccc(-n6c7ccccc7c7ccccc76)cc5c34)n1)Sc1ccccc12. The molecule has 1 aliphatic carbocycles. The van der Waals surface area contributed by atoms with Gasteiger partial charge in [0, 0.05) is 53.6 Å². The van der Waals surface area contributed by atoms with E-state index in [4.69, 9.17) is 19.4 Å². The summed E-state index contributed by atoms with van der Waals surface area (Å²) in [6.45, 7) is 2.33. The third-order valence-corrected chi connectivity index (χ3v) is 12.2. The average molecular weight is 687 g/mol. The van der Waals surface area contributed by atoms with E-state index in [0.29, 0.717) is 11.6 Å². The van der Waals surface area contributed by atoms with E-state index in [1.54, 1.807) is 0 Å². The van der Waals surface area contributed by atoms with Crippen LogP contribution in [0.2, 0.25) is 0 Å². The van der Waals surface area contributed by atoms with Gasteiger partial charge in [-0.2, -0.15) is 0 Å². The highest BCUT2D eigenvalue weighted by Gasteiger charge is 2.47. The second-order valence-corrected chi connectivity index (χ2v) is 14.8. The van der Waals surface area contributed by atoms with E-state index >= 15 is 0 Å². The highest BCUT2D eigenvalue weighted by Crippen LogP contribution is 2.59. The van der Waals surface area contributed by atoms with Gasteiger partial charge >= 0.3 is 0 Å². The van der Waals surface area contributed by atoms with Gasteiger partial charge in [-0.1, -0.05) is 127 Å². The molecule has 0 spiro atoms. The van der Waals surface area contributed by atoms with Crippen molar-refractivity contribution in [3.8, 4) is 28.5 Å². The van der Waals surface area contributed by atoms with E-state index in [2.05, 4.69) is 139 Å².